The van der Waals surface area contributed by atoms with E-state index in [1.54, 1.807) is 43.3 Å². The van der Waals surface area contributed by atoms with Crippen LogP contribution in [0.15, 0.2) is 30.3 Å². The third kappa shape index (κ3) is 1.98. The van der Waals surface area contributed by atoms with Crippen molar-refractivity contribution in [2.24, 2.45) is 5.41 Å². The molecule has 1 saturated carbocycles. The lowest BCUT2D eigenvalue weighted by Gasteiger charge is -2.02. The van der Waals surface area contributed by atoms with Crippen LogP contribution >= 0.6 is 0 Å². The highest BCUT2D eigenvalue weighted by Crippen LogP contribution is 2.63. The standard InChI is InChI=1S/C14H15NO4S/c1-2-8-20(18,19)12-11(10-6-4-3-5-7-10)14(12,9-15)13(16)17/h3-7,11-12H,2,8H2,1H3,(H,16,17). The van der Waals surface area contributed by atoms with Crippen LogP contribution in [0.3, 0.4) is 0 Å². The Morgan fingerprint density at radius 3 is 2.45 bits per heavy atom. The van der Waals surface area contributed by atoms with Crippen molar-refractivity contribution in [3.8, 4) is 6.07 Å². The van der Waals surface area contributed by atoms with Gasteiger partial charge in [0, 0.05) is 5.92 Å². The smallest absolute Gasteiger partial charge is 0.326 e. The predicted molar refractivity (Wildman–Crippen MR) is 72.7 cm³/mol. The van der Waals surface area contributed by atoms with Crippen LogP contribution in [-0.4, -0.2) is 30.5 Å². The molecule has 1 aromatic carbocycles. The largest absolute Gasteiger partial charge is 0.480 e. The van der Waals surface area contributed by atoms with Gasteiger partial charge in [0.05, 0.1) is 11.8 Å². The molecule has 5 nitrogen and oxygen atoms in total. The molecule has 6 heteroatoms. The maximum Gasteiger partial charge on any atom is 0.326 e. The summed E-state index contributed by atoms with van der Waals surface area (Å²) in [6, 6.07) is 10.3. The molecule has 0 aliphatic heterocycles. The summed E-state index contributed by atoms with van der Waals surface area (Å²) in [5.74, 6) is -2.25. The van der Waals surface area contributed by atoms with E-state index in [-0.39, 0.29) is 5.75 Å². The van der Waals surface area contributed by atoms with Crippen LogP contribution in [0.25, 0.3) is 0 Å². The summed E-state index contributed by atoms with van der Waals surface area (Å²) >= 11 is 0. The number of hydrogen-bond acceptors (Lipinski definition) is 4. The summed E-state index contributed by atoms with van der Waals surface area (Å²) in [6.45, 7) is 1.71. The Labute approximate surface area is 117 Å². The van der Waals surface area contributed by atoms with Crippen LogP contribution in [0.4, 0.5) is 0 Å². The Morgan fingerprint density at radius 1 is 1.40 bits per heavy atom. The molecule has 2 rings (SSSR count). The van der Waals surface area contributed by atoms with Crippen molar-refractivity contribution in [1.82, 2.24) is 0 Å². The lowest BCUT2D eigenvalue weighted by Crippen LogP contribution is -2.24. The van der Waals surface area contributed by atoms with Gasteiger partial charge in [-0.05, 0) is 12.0 Å². The second-order valence-electron chi connectivity index (χ2n) is 4.96. The number of aliphatic carboxylic acids is 1. The van der Waals surface area contributed by atoms with Crippen molar-refractivity contribution in [3.63, 3.8) is 0 Å². The van der Waals surface area contributed by atoms with Crippen LogP contribution in [0.5, 0.6) is 0 Å². The first-order valence-corrected chi connectivity index (χ1v) is 8.04. The molecule has 3 atom stereocenters. The average molecular weight is 293 g/mol. The van der Waals surface area contributed by atoms with Gasteiger partial charge in [0.1, 0.15) is 5.25 Å². The molecule has 0 amide bonds. The van der Waals surface area contributed by atoms with E-state index in [9.17, 15) is 23.6 Å². The van der Waals surface area contributed by atoms with Gasteiger partial charge in [0.25, 0.3) is 0 Å². The van der Waals surface area contributed by atoms with Gasteiger partial charge < -0.3 is 5.11 Å². The van der Waals surface area contributed by atoms with Crippen molar-refractivity contribution in [1.29, 1.82) is 5.26 Å². The van der Waals surface area contributed by atoms with Gasteiger partial charge in [-0.3, -0.25) is 4.79 Å². The minimum absolute atomic E-state index is 0.0995. The van der Waals surface area contributed by atoms with E-state index in [1.807, 2.05) is 0 Å². The Hall–Kier alpha value is -1.87. The van der Waals surface area contributed by atoms with Crippen LogP contribution < -0.4 is 0 Å². The van der Waals surface area contributed by atoms with Crippen molar-refractivity contribution in [2.75, 3.05) is 5.75 Å². The highest BCUT2D eigenvalue weighted by molar-refractivity contribution is 7.92. The van der Waals surface area contributed by atoms with Crippen molar-refractivity contribution >= 4 is 15.8 Å². The average Bonchev–Trinajstić information content (AvgIpc) is 3.11. The van der Waals surface area contributed by atoms with Crippen LogP contribution in [0, 0.1) is 16.7 Å². The predicted octanol–water partition coefficient (Wildman–Crippen LogP) is 1.57. The maximum atomic E-state index is 12.2. The summed E-state index contributed by atoms with van der Waals surface area (Å²) in [4.78, 5) is 11.5. The van der Waals surface area contributed by atoms with Crippen molar-refractivity contribution in [3.05, 3.63) is 35.9 Å². The van der Waals surface area contributed by atoms with Gasteiger partial charge in [-0.25, -0.2) is 8.42 Å². The van der Waals surface area contributed by atoms with Crippen LogP contribution in [-0.2, 0) is 14.6 Å². The summed E-state index contributed by atoms with van der Waals surface area (Å²) in [5.41, 5.74) is -1.27. The first-order valence-electron chi connectivity index (χ1n) is 6.33. The fourth-order valence-corrected chi connectivity index (χ4v) is 5.19. The molecule has 0 saturated heterocycles. The number of nitrogens with zero attached hydrogens (tertiary/aromatic N) is 1. The number of benzene rings is 1. The fourth-order valence-electron chi connectivity index (χ4n) is 2.79. The number of carboxylic acid groups (broad SMARTS) is 1. The van der Waals surface area contributed by atoms with E-state index in [2.05, 4.69) is 0 Å². The number of carboxylic acids is 1. The van der Waals surface area contributed by atoms with Crippen molar-refractivity contribution < 1.29 is 18.3 Å². The molecule has 1 aromatic rings. The van der Waals surface area contributed by atoms with Gasteiger partial charge in [0.2, 0.25) is 0 Å². The molecule has 1 aliphatic rings. The lowest BCUT2D eigenvalue weighted by atomic mass is 10.0. The zero-order chi connectivity index (χ0) is 15.0. The molecule has 3 unspecified atom stereocenters. The third-order valence-electron chi connectivity index (χ3n) is 3.71. The van der Waals surface area contributed by atoms with Gasteiger partial charge >= 0.3 is 5.97 Å². The molecular formula is C14H15NO4S. The maximum absolute atomic E-state index is 12.2. The van der Waals surface area contributed by atoms with Crippen LogP contribution in [0.1, 0.15) is 24.8 Å². The second-order valence-corrected chi connectivity index (χ2v) is 7.20. The molecule has 20 heavy (non-hydrogen) atoms. The van der Waals surface area contributed by atoms with Gasteiger partial charge in [-0.2, -0.15) is 5.26 Å². The van der Waals surface area contributed by atoms with E-state index >= 15 is 0 Å². The van der Waals surface area contributed by atoms with Gasteiger partial charge in [0.15, 0.2) is 15.3 Å². The highest BCUT2D eigenvalue weighted by atomic mass is 32.2. The molecule has 0 spiro atoms. The Balaban J connectivity index is 2.51. The Bertz CT molecular complexity index is 662. The van der Waals surface area contributed by atoms with E-state index in [4.69, 9.17) is 0 Å². The molecule has 1 fully saturated rings. The monoisotopic (exact) mass is 293 g/mol. The molecule has 0 aromatic heterocycles. The normalized spacial score (nSPS) is 28.6. The second kappa shape index (κ2) is 4.91. The van der Waals surface area contributed by atoms with Gasteiger partial charge in [-0.15, -0.1) is 0 Å². The van der Waals surface area contributed by atoms with E-state index in [0.717, 1.165) is 0 Å². The molecule has 1 N–H and O–H groups in total. The molecule has 1 aliphatic carbocycles. The molecule has 0 bridgehead atoms. The van der Waals surface area contributed by atoms with E-state index in [1.165, 1.54) is 0 Å². The highest BCUT2D eigenvalue weighted by Gasteiger charge is 2.76. The number of nitriles is 1. The van der Waals surface area contributed by atoms with Crippen molar-refractivity contribution in [2.45, 2.75) is 24.5 Å². The Kier molecular flexibility index (Phi) is 3.57. The topological polar surface area (TPSA) is 95.2 Å². The van der Waals surface area contributed by atoms with Gasteiger partial charge in [-0.1, -0.05) is 37.3 Å². The lowest BCUT2D eigenvalue weighted by molar-refractivity contribution is -0.141. The number of rotatable bonds is 5. The first-order chi connectivity index (χ1) is 9.41. The summed E-state index contributed by atoms with van der Waals surface area (Å²) in [7, 11) is -3.60. The zero-order valence-corrected chi connectivity index (χ0v) is 11.8. The number of sulfone groups is 1. The summed E-state index contributed by atoms with van der Waals surface area (Å²) < 4.78 is 24.5. The SMILES string of the molecule is CCCS(=O)(=O)C1C(c2ccccc2)C1(C#N)C(=O)O. The number of carbonyl (C=O) groups is 1. The first kappa shape index (κ1) is 14.5. The fraction of sp³-hybridized carbons (Fsp3) is 0.429. The molecule has 106 valence electrons. The van der Waals surface area contributed by atoms with E-state index in [0.29, 0.717) is 12.0 Å². The summed E-state index contributed by atoms with van der Waals surface area (Å²) in [5, 5.41) is 17.5. The number of hydrogen-bond donors (Lipinski definition) is 1. The molecule has 0 radical (unpaired) electrons. The minimum Gasteiger partial charge on any atom is -0.480 e. The zero-order valence-electron chi connectivity index (χ0n) is 11.0. The third-order valence-corrected chi connectivity index (χ3v) is 6.10. The minimum atomic E-state index is -3.60. The van der Waals surface area contributed by atoms with Crippen LogP contribution in [0.2, 0.25) is 0 Å². The van der Waals surface area contributed by atoms with E-state index < -0.39 is 32.4 Å². The quantitative estimate of drug-likeness (QED) is 0.889. The molecule has 0 heterocycles. The summed E-state index contributed by atoms with van der Waals surface area (Å²) in [6.07, 6.45) is 0.404. The Morgan fingerprint density at radius 2 is 2.00 bits per heavy atom. The molecular weight excluding hydrogens is 278 g/mol.